The molecule has 1 aliphatic rings. The van der Waals surface area contributed by atoms with Gasteiger partial charge in [-0.1, -0.05) is 36.4 Å². The maximum Gasteiger partial charge on any atom is 0.223 e. The van der Waals surface area contributed by atoms with Crippen LogP contribution in [0.1, 0.15) is 17.5 Å². The Balaban J connectivity index is 1.39. The monoisotopic (exact) mass is 506 g/mol. The molecule has 1 heterocycles. The molecule has 1 aliphatic heterocycles. The molecule has 0 fully saturated rings. The quantitative estimate of drug-likeness (QED) is 0.482. The van der Waals surface area contributed by atoms with Gasteiger partial charge in [0.25, 0.3) is 0 Å². The highest BCUT2D eigenvalue weighted by molar-refractivity contribution is 9.10. The van der Waals surface area contributed by atoms with Gasteiger partial charge in [-0.3, -0.25) is 9.79 Å². The van der Waals surface area contributed by atoms with Crippen LogP contribution in [0.5, 0.6) is 0 Å². The minimum atomic E-state index is -3.46. The first-order chi connectivity index (χ1) is 14.9. The summed E-state index contributed by atoms with van der Waals surface area (Å²) in [6.45, 7) is 2.60. The molecule has 2 aromatic carbocycles. The van der Waals surface area contributed by atoms with E-state index in [1.165, 1.54) is 0 Å². The molecule has 0 saturated heterocycles. The van der Waals surface area contributed by atoms with Gasteiger partial charge in [0.05, 0.1) is 11.4 Å². The second-order valence-corrected chi connectivity index (χ2v) is 10.2. The van der Waals surface area contributed by atoms with E-state index >= 15 is 0 Å². The molecular weight excluding hydrogens is 480 g/mol. The Bertz CT molecular complexity index is 1040. The predicted octanol–water partition coefficient (Wildman–Crippen LogP) is 2.21. The van der Waals surface area contributed by atoms with Gasteiger partial charge in [0.15, 0.2) is 9.84 Å². The number of carbonyl (C=O) groups is 1. The maximum absolute atomic E-state index is 12.4. The van der Waals surface area contributed by atoms with E-state index in [2.05, 4.69) is 43.7 Å². The van der Waals surface area contributed by atoms with Crippen LogP contribution in [-0.4, -0.2) is 64.2 Å². The first-order valence-corrected chi connectivity index (χ1v) is 12.6. The lowest BCUT2D eigenvalue weighted by Gasteiger charge is -2.17. The van der Waals surface area contributed by atoms with Crippen LogP contribution >= 0.6 is 15.9 Å². The predicted molar refractivity (Wildman–Crippen MR) is 126 cm³/mol. The Morgan fingerprint density at radius 2 is 1.94 bits per heavy atom. The number of benzene rings is 2. The van der Waals surface area contributed by atoms with E-state index in [4.69, 9.17) is 0 Å². The number of hydrogen-bond acceptors (Lipinski definition) is 6. The number of likely N-dealkylation sites (N-methyl/N-ethyl adjacent to an activating group) is 1. The molecule has 9 heteroatoms. The zero-order valence-electron chi connectivity index (χ0n) is 17.5. The second-order valence-electron chi connectivity index (χ2n) is 7.36. The molecule has 0 saturated carbocycles. The van der Waals surface area contributed by atoms with Crippen molar-refractivity contribution in [1.82, 2.24) is 15.5 Å². The number of nitrogens with one attached hydrogen (secondary N) is 2. The average molecular weight is 507 g/mol. The van der Waals surface area contributed by atoms with Crippen LogP contribution in [0.15, 0.2) is 62.9 Å². The number of aliphatic imine (C=N–C) groups is 1. The topological polar surface area (TPSA) is 90.9 Å². The number of halogens is 1. The van der Waals surface area contributed by atoms with Crippen LogP contribution in [0.25, 0.3) is 0 Å². The van der Waals surface area contributed by atoms with Crippen molar-refractivity contribution in [2.24, 2.45) is 4.99 Å². The van der Waals surface area contributed by atoms with Crippen LogP contribution in [0, 0.1) is 0 Å². The smallest absolute Gasteiger partial charge is 0.223 e. The van der Waals surface area contributed by atoms with E-state index in [0.29, 0.717) is 17.6 Å². The number of nitrogens with zero attached hydrogens (tertiary/aromatic N) is 2. The summed E-state index contributed by atoms with van der Waals surface area (Å²) in [5.74, 6) is 0.707. The standard InChI is InChI=1S/C22H27BrN4O3S/c1-27(15-11-17-6-8-18(9-7-17)22-25-13-14-26-22)21(28)10-12-24-16-31(29,30)20-5-3-2-4-19(20)23/h2-9,24H,10-16H2,1H3,(H,25,26). The summed E-state index contributed by atoms with van der Waals surface area (Å²) in [6, 6.07) is 14.9. The third kappa shape index (κ3) is 6.62. The Hall–Kier alpha value is -2.23. The summed E-state index contributed by atoms with van der Waals surface area (Å²) in [7, 11) is -1.69. The van der Waals surface area contributed by atoms with Crippen molar-refractivity contribution >= 4 is 37.5 Å². The third-order valence-corrected chi connectivity index (χ3v) is 7.61. The SMILES string of the molecule is CN(CCc1ccc(C2=NCCN2)cc1)C(=O)CCNCS(=O)(=O)c1ccccc1Br. The van der Waals surface area contributed by atoms with Crippen molar-refractivity contribution in [3.63, 3.8) is 0 Å². The normalized spacial score (nSPS) is 13.5. The second kappa shape index (κ2) is 10.9. The van der Waals surface area contributed by atoms with Gasteiger partial charge < -0.3 is 15.5 Å². The fourth-order valence-corrected chi connectivity index (χ4v) is 5.45. The Morgan fingerprint density at radius 3 is 2.61 bits per heavy atom. The zero-order valence-corrected chi connectivity index (χ0v) is 19.9. The molecule has 0 aromatic heterocycles. The Morgan fingerprint density at radius 1 is 1.19 bits per heavy atom. The van der Waals surface area contributed by atoms with E-state index in [1.807, 2.05) is 12.1 Å². The van der Waals surface area contributed by atoms with Gasteiger partial charge in [0.1, 0.15) is 11.7 Å². The molecule has 0 spiro atoms. The molecule has 0 atom stereocenters. The van der Waals surface area contributed by atoms with E-state index in [0.717, 1.165) is 36.5 Å². The molecule has 3 rings (SSSR count). The number of hydrogen-bond donors (Lipinski definition) is 2. The number of amidine groups is 1. The molecule has 0 aliphatic carbocycles. The maximum atomic E-state index is 12.4. The molecule has 1 amide bonds. The summed E-state index contributed by atoms with van der Waals surface area (Å²) < 4.78 is 25.3. The van der Waals surface area contributed by atoms with Crippen molar-refractivity contribution in [2.45, 2.75) is 17.7 Å². The highest BCUT2D eigenvalue weighted by atomic mass is 79.9. The molecule has 31 heavy (non-hydrogen) atoms. The number of amides is 1. The van der Waals surface area contributed by atoms with E-state index in [9.17, 15) is 13.2 Å². The lowest BCUT2D eigenvalue weighted by Crippen LogP contribution is -2.33. The Labute approximate surface area is 192 Å². The third-order valence-electron chi connectivity index (χ3n) is 5.04. The van der Waals surface area contributed by atoms with Crippen molar-refractivity contribution in [2.75, 3.05) is 39.1 Å². The zero-order chi connectivity index (χ0) is 22.3. The van der Waals surface area contributed by atoms with Crippen LogP contribution in [0.2, 0.25) is 0 Å². The molecular formula is C22H27BrN4O3S. The minimum absolute atomic E-state index is 0.0214. The molecule has 0 bridgehead atoms. The highest BCUT2D eigenvalue weighted by Gasteiger charge is 2.17. The largest absolute Gasteiger partial charge is 0.368 e. The summed E-state index contributed by atoms with van der Waals surface area (Å²) in [4.78, 5) is 18.7. The fraction of sp³-hybridized carbons (Fsp3) is 0.364. The number of rotatable bonds is 10. The van der Waals surface area contributed by atoms with Crippen molar-refractivity contribution < 1.29 is 13.2 Å². The van der Waals surface area contributed by atoms with Gasteiger partial charge >= 0.3 is 0 Å². The molecule has 0 unspecified atom stereocenters. The molecule has 2 N–H and O–H groups in total. The van der Waals surface area contributed by atoms with Crippen LogP contribution in [0.3, 0.4) is 0 Å². The van der Waals surface area contributed by atoms with Gasteiger partial charge in [-0.2, -0.15) is 0 Å². The Kier molecular flexibility index (Phi) is 8.22. The van der Waals surface area contributed by atoms with E-state index in [1.54, 1.807) is 36.2 Å². The molecule has 0 radical (unpaired) electrons. The molecule has 2 aromatic rings. The van der Waals surface area contributed by atoms with Crippen molar-refractivity contribution in [3.05, 3.63) is 64.1 Å². The van der Waals surface area contributed by atoms with Crippen LogP contribution in [0.4, 0.5) is 0 Å². The van der Waals surface area contributed by atoms with Gasteiger partial charge in [-0.25, -0.2) is 8.42 Å². The van der Waals surface area contributed by atoms with Gasteiger partial charge in [0, 0.05) is 43.1 Å². The van der Waals surface area contributed by atoms with E-state index in [-0.39, 0.29) is 23.1 Å². The summed E-state index contributed by atoms with van der Waals surface area (Å²) in [5.41, 5.74) is 2.23. The van der Waals surface area contributed by atoms with Crippen LogP contribution in [-0.2, 0) is 21.1 Å². The lowest BCUT2D eigenvalue weighted by atomic mass is 10.1. The number of sulfone groups is 1. The lowest BCUT2D eigenvalue weighted by molar-refractivity contribution is -0.129. The van der Waals surface area contributed by atoms with Gasteiger partial charge in [0.2, 0.25) is 5.91 Å². The van der Waals surface area contributed by atoms with Crippen molar-refractivity contribution in [1.29, 1.82) is 0 Å². The first kappa shape index (κ1) is 23.4. The number of carbonyl (C=O) groups excluding carboxylic acids is 1. The fourth-order valence-electron chi connectivity index (χ4n) is 3.21. The first-order valence-electron chi connectivity index (χ1n) is 10.2. The van der Waals surface area contributed by atoms with Crippen molar-refractivity contribution in [3.8, 4) is 0 Å². The van der Waals surface area contributed by atoms with Crippen LogP contribution < -0.4 is 10.6 Å². The summed E-state index contributed by atoms with van der Waals surface area (Å²) in [5, 5.41) is 6.12. The minimum Gasteiger partial charge on any atom is -0.368 e. The van der Waals surface area contributed by atoms with Gasteiger partial charge in [-0.15, -0.1) is 0 Å². The summed E-state index contributed by atoms with van der Waals surface area (Å²) >= 11 is 3.26. The summed E-state index contributed by atoms with van der Waals surface area (Å²) in [6.07, 6.45) is 0.999. The van der Waals surface area contributed by atoms with E-state index < -0.39 is 9.84 Å². The highest BCUT2D eigenvalue weighted by Crippen LogP contribution is 2.21. The van der Waals surface area contributed by atoms with Gasteiger partial charge in [-0.05, 0) is 40.0 Å². The molecule has 7 nitrogen and oxygen atoms in total. The molecule has 166 valence electrons. The average Bonchev–Trinajstić information content (AvgIpc) is 3.30.